The van der Waals surface area contributed by atoms with E-state index in [2.05, 4.69) is 5.32 Å². The number of nitrogens with one attached hydrogen (secondary N) is 1. The summed E-state index contributed by atoms with van der Waals surface area (Å²) in [5.41, 5.74) is 0. The first-order chi connectivity index (χ1) is 8.91. The summed E-state index contributed by atoms with van der Waals surface area (Å²) >= 11 is 0. The molecule has 0 radical (unpaired) electrons. The van der Waals surface area contributed by atoms with Crippen LogP contribution in [0.15, 0.2) is 0 Å². The fraction of sp³-hybridized carbons (Fsp3) is 1.00. The average Bonchev–Trinajstić information content (AvgIpc) is 2.39. The molecule has 0 heterocycles. The number of ether oxygens (including phenoxy) is 3. The summed E-state index contributed by atoms with van der Waals surface area (Å²) in [4.78, 5) is 0. The Morgan fingerprint density at radius 2 is 1.56 bits per heavy atom. The molecule has 5 nitrogen and oxygen atoms in total. The van der Waals surface area contributed by atoms with Crippen molar-refractivity contribution >= 4 is 0 Å². The molecule has 110 valence electrons. The molecule has 0 aliphatic rings. The minimum atomic E-state index is 0.307. The number of methoxy groups -OCH3 is 1. The molecule has 18 heavy (non-hydrogen) atoms. The molecule has 0 aromatic carbocycles. The number of aliphatic hydroxyl groups is 1. The van der Waals surface area contributed by atoms with Crippen molar-refractivity contribution in [1.82, 2.24) is 5.32 Å². The second-order valence-electron chi connectivity index (χ2n) is 4.17. The molecule has 0 saturated carbocycles. The van der Waals surface area contributed by atoms with E-state index in [9.17, 15) is 0 Å². The summed E-state index contributed by atoms with van der Waals surface area (Å²) in [5, 5.41) is 12.0. The summed E-state index contributed by atoms with van der Waals surface area (Å²) < 4.78 is 15.4. The minimum Gasteiger partial charge on any atom is -0.396 e. The van der Waals surface area contributed by atoms with E-state index >= 15 is 0 Å². The normalized spacial score (nSPS) is 11.0. The Morgan fingerprint density at radius 3 is 2.33 bits per heavy atom. The van der Waals surface area contributed by atoms with Crippen LogP contribution in [0.4, 0.5) is 0 Å². The highest BCUT2D eigenvalue weighted by molar-refractivity contribution is 4.49. The lowest BCUT2D eigenvalue weighted by molar-refractivity contribution is -0.0367. The minimum absolute atomic E-state index is 0.307. The predicted octanol–water partition coefficient (Wildman–Crippen LogP) is 1.16. The lowest BCUT2D eigenvalue weighted by Crippen LogP contribution is -2.18. The Hall–Kier alpha value is -0.200. The first-order valence-corrected chi connectivity index (χ1v) is 6.87. The molecule has 0 fully saturated rings. The molecule has 0 aliphatic heterocycles. The fourth-order valence-corrected chi connectivity index (χ4v) is 1.47. The summed E-state index contributed by atoms with van der Waals surface area (Å²) in [5.74, 6) is 0. The highest BCUT2D eigenvalue weighted by Gasteiger charge is 1.92. The molecular formula is C13H29NO4. The fourth-order valence-electron chi connectivity index (χ4n) is 1.47. The van der Waals surface area contributed by atoms with Crippen LogP contribution in [0.5, 0.6) is 0 Å². The lowest BCUT2D eigenvalue weighted by atomic mass is 10.2. The van der Waals surface area contributed by atoms with Crippen molar-refractivity contribution in [1.29, 1.82) is 0 Å². The third-order valence-corrected chi connectivity index (χ3v) is 2.43. The van der Waals surface area contributed by atoms with Crippen molar-refractivity contribution in [2.24, 2.45) is 0 Å². The maximum absolute atomic E-state index is 8.60. The average molecular weight is 263 g/mol. The second-order valence-corrected chi connectivity index (χ2v) is 4.17. The zero-order valence-electron chi connectivity index (χ0n) is 11.7. The summed E-state index contributed by atoms with van der Waals surface area (Å²) in [6.45, 7) is 4.94. The number of aliphatic hydroxyl groups excluding tert-OH is 1. The zero-order chi connectivity index (χ0) is 13.3. The quantitative estimate of drug-likeness (QED) is 0.343. The third kappa shape index (κ3) is 15.8. The standard InChI is InChI=1S/C13H29NO4/c1-16-13-18-12-6-11-17-10-5-8-14-7-3-2-4-9-15/h14-15H,2-13H2,1H3. The van der Waals surface area contributed by atoms with Crippen molar-refractivity contribution < 1.29 is 19.3 Å². The van der Waals surface area contributed by atoms with Gasteiger partial charge in [-0.2, -0.15) is 0 Å². The van der Waals surface area contributed by atoms with Gasteiger partial charge in [0.1, 0.15) is 6.79 Å². The van der Waals surface area contributed by atoms with E-state index in [1.54, 1.807) is 7.11 Å². The maximum atomic E-state index is 8.60. The van der Waals surface area contributed by atoms with E-state index in [4.69, 9.17) is 19.3 Å². The van der Waals surface area contributed by atoms with Crippen LogP contribution in [0.2, 0.25) is 0 Å². The number of rotatable bonds is 15. The Bertz CT molecular complexity index is 131. The lowest BCUT2D eigenvalue weighted by Gasteiger charge is -2.06. The van der Waals surface area contributed by atoms with Gasteiger partial charge >= 0.3 is 0 Å². The SMILES string of the molecule is COCOCCCOCCCNCCCCCO. The first kappa shape index (κ1) is 17.8. The number of hydrogen-bond acceptors (Lipinski definition) is 5. The van der Waals surface area contributed by atoms with Crippen molar-refractivity contribution in [2.45, 2.75) is 32.1 Å². The van der Waals surface area contributed by atoms with Crippen molar-refractivity contribution in [3.63, 3.8) is 0 Å². The highest BCUT2D eigenvalue weighted by atomic mass is 16.7. The molecule has 0 unspecified atom stereocenters. The summed E-state index contributed by atoms with van der Waals surface area (Å²) in [6, 6.07) is 0. The molecule has 0 spiro atoms. The summed E-state index contributed by atoms with van der Waals surface area (Å²) in [6.07, 6.45) is 5.10. The molecule has 2 N–H and O–H groups in total. The van der Waals surface area contributed by atoms with Crippen LogP contribution in [-0.2, 0) is 14.2 Å². The molecular weight excluding hydrogens is 234 g/mol. The van der Waals surface area contributed by atoms with Gasteiger partial charge in [-0.1, -0.05) is 0 Å². The number of hydrogen-bond donors (Lipinski definition) is 2. The van der Waals surface area contributed by atoms with Gasteiger partial charge in [-0.05, 0) is 45.2 Å². The molecule has 0 aromatic rings. The van der Waals surface area contributed by atoms with Gasteiger partial charge in [0.2, 0.25) is 0 Å². The van der Waals surface area contributed by atoms with E-state index < -0.39 is 0 Å². The van der Waals surface area contributed by atoms with Crippen molar-refractivity contribution in [2.75, 3.05) is 53.4 Å². The first-order valence-electron chi connectivity index (χ1n) is 6.87. The highest BCUT2D eigenvalue weighted by Crippen LogP contribution is 1.92. The Morgan fingerprint density at radius 1 is 0.833 bits per heavy atom. The smallest absolute Gasteiger partial charge is 0.146 e. The monoisotopic (exact) mass is 263 g/mol. The van der Waals surface area contributed by atoms with Gasteiger partial charge in [0.25, 0.3) is 0 Å². The molecule has 0 amide bonds. The Balaban J connectivity index is 2.86. The molecule has 0 bridgehead atoms. The van der Waals surface area contributed by atoms with Gasteiger partial charge in [0.15, 0.2) is 0 Å². The van der Waals surface area contributed by atoms with E-state index in [-0.39, 0.29) is 0 Å². The second kappa shape index (κ2) is 16.8. The van der Waals surface area contributed by atoms with Crippen LogP contribution in [0.3, 0.4) is 0 Å². The van der Waals surface area contributed by atoms with Crippen LogP contribution in [0.1, 0.15) is 32.1 Å². The van der Waals surface area contributed by atoms with Crippen LogP contribution in [0.25, 0.3) is 0 Å². The Labute approximate surface area is 111 Å². The van der Waals surface area contributed by atoms with Gasteiger partial charge in [-0.15, -0.1) is 0 Å². The van der Waals surface area contributed by atoms with Crippen LogP contribution < -0.4 is 5.32 Å². The molecule has 0 saturated heterocycles. The van der Waals surface area contributed by atoms with E-state index in [0.717, 1.165) is 58.4 Å². The molecule has 0 aromatic heterocycles. The molecule has 5 heteroatoms. The van der Waals surface area contributed by atoms with E-state index in [1.807, 2.05) is 0 Å². The van der Waals surface area contributed by atoms with Crippen molar-refractivity contribution in [3.8, 4) is 0 Å². The van der Waals surface area contributed by atoms with Gasteiger partial charge in [0, 0.05) is 26.9 Å². The van der Waals surface area contributed by atoms with Crippen molar-refractivity contribution in [3.05, 3.63) is 0 Å². The third-order valence-electron chi connectivity index (χ3n) is 2.43. The van der Waals surface area contributed by atoms with Crippen LogP contribution >= 0.6 is 0 Å². The predicted molar refractivity (Wildman–Crippen MR) is 71.7 cm³/mol. The molecule has 0 aliphatic carbocycles. The summed E-state index contributed by atoms with van der Waals surface area (Å²) in [7, 11) is 1.62. The van der Waals surface area contributed by atoms with Crippen LogP contribution in [0, 0.1) is 0 Å². The van der Waals surface area contributed by atoms with E-state index in [0.29, 0.717) is 20.0 Å². The van der Waals surface area contributed by atoms with Crippen LogP contribution in [-0.4, -0.2) is 58.5 Å². The van der Waals surface area contributed by atoms with Gasteiger partial charge < -0.3 is 24.6 Å². The number of unbranched alkanes of at least 4 members (excludes halogenated alkanes) is 2. The molecule has 0 rings (SSSR count). The van der Waals surface area contributed by atoms with Gasteiger partial charge in [-0.3, -0.25) is 0 Å². The Kier molecular flexibility index (Phi) is 16.6. The molecule has 0 atom stereocenters. The largest absolute Gasteiger partial charge is 0.396 e. The van der Waals surface area contributed by atoms with Gasteiger partial charge in [-0.25, -0.2) is 0 Å². The van der Waals surface area contributed by atoms with Gasteiger partial charge in [0.05, 0.1) is 6.61 Å². The van der Waals surface area contributed by atoms with E-state index in [1.165, 1.54) is 0 Å². The zero-order valence-corrected chi connectivity index (χ0v) is 11.7. The topological polar surface area (TPSA) is 60.0 Å². The maximum Gasteiger partial charge on any atom is 0.146 e.